The van der Waals surface area contributed by atoms with Crippen LogP contribution >= 0.6 is 0 Å². The first-order valence-electron chi connectivity index (χ1n) is 6.37. The SMILES string of the molecule is CCOC(=O)C(C)(C)C(=O)CN1CCC(OC)C1. The quantitative estimate of drug-likeness (QED) is 0.522. The zero-order valence-corrected chi connectivity index (χ0v) is 11.7. The van der Waals surface area contributed by atoms with Crippen molar-refractivity contribution in [3.8, 4) is 0 Å². The largest absolute Gasteiger partial charge is 0.465 e. The summed E-state index contributed by atoms with van der Waals surface area (Å²) >= 11 is 0. The minimum absolute atomic E-state index is 0.0993. The number of hydrogen-bond donors (Lipinski definition) is 0. The molecule has 0 radical (unpaired) electrons. The molecule has 104 valence electrons. The highest BCUT2D eigenvalue weighted by Crippen LogP contribution is 2.21. The predicted octanol–water partition coefficient (Wildman–Crippen LogP) is 0.865. The summed E-state index contributed by atoms with van der Waals surface area (Å²) in [5.74, 6) is -0.546. The van der Waals surface area contributed by atoms with E-state index in [-0.39, 0.29) is 18.4 Å². The summed E-state index contributed by atoms with van der Waals surface area (Å²) in [6.45, 7) is 7.15. The molecular weight excluding hydrogens is 234 g/mol. The summed E-state index contributed by atoms with van der Waals surface area (Å²) in [6, 6.07) is 0. The number of carbonyl (C=O) groups excluding carboxylic acids is 2. The Kier molecular flexibility index (Phi) is 5.28. The highest BCUT2D eigenvalue weighted by Gasteiger charge is 2.38. The Morgan fingerprint density at radius 2 is 2.06 bits per heavy atom. The van der Waals surface area contributed by atoms with Crippen LogP contribution in [0.25, 0.3) is 0 Å². The van der Waals surface area contributed by atoms with Crippen molar-refractivity contribution in [2.45, 2.75) is 33.3 Å². The molecule has 1 aliphatic rings. The molecule has 1 rings (SSSR count). The van der Waals surface area contributed by atoms with E-state index in [9.17, 15) is 9.59 Å². The number of likely N-dealkylation sites (tertiary alicyclic amines) is 1. The van der Waals surface area contributed by atoms with Gasteiger partial charge in [0, 0.05) is 20.2 Å². The summed E-state index contributed by atoms with van der Waals surface area (Å²) in [6.07, 6.45) is 1.13. The van der Waals surface area contributed by atoms with Crippen LogP contribution < -0.4 is 0 Å². The van der Waals surface area contributed by atoms with E-state index in [4.69, 9.17) is 9.47 Å². The van der Waals surface area contributed by atoms with Crippen molar-refractivity contribution in [1.82, 2.24) is 4.90 Å². The van der Waals surface area contributed by atoms with Crippen LogP contribution in [0.15, 0.2) is 0 Å². The Hall–Kier alpha value is -0.940. The van der Waals surface area contributed by atoms with Crippen LogP contribution in [0.4, 0.5) is 0 Å². The lowest BCUT2D eigenvalue weighted by Crippen LogP contribution is -2.42. The average molecular weight is 257 g/mol. The second-order valence-electron chi connectivity index (χ2n) is 5.15. The summed E-state index contributed by atoms with van der Waals surface area (Å²) in [5.41, 5.74) is -1.07. The van der Waals surface area contributed by atoms with Crippen molar-refractivity contribution in [2.75, 3.05) is 33.4 Å². The van der Waals surface area contributed by atoms with E-state index in [1.807, 2.05) is 4.90 Å². The van der Waals surface area contributed by atoms with Crippen LogP contribution in [0.5, 0.6) is 0 Å². The molecule has 5 heteroatoms. The van der Waals surface area contributed by atoms with Gasteiger partial charge in [-0.05, 0) is 27.2 Å². The number of ether oxygens (including phenoxy) is 2. The highest BCUT2D eigenvalue weighted by atomic mass is 16.5. The van der Waals surface area contributed by atoms with Gasteiger partial charge in [-0.3, -0.25) is 14.5 Å². The average Bonchev–Trinajstić information content (AvgIpc) is 2.77. The summed E-state index contributed by atoms with van der Waals surface area (Å²) < 4.78 is 10.2. The van der Waals surface area contributed by atoms with Gasteiger partial charge >= 0.3 is 5.97 Å². The first-order chi connectivity index (χ1) is 8.41. The Balaban J connectivity index is 2.52. The molecular formula is C13H23NO4. The lowest BCUT2D eigenvalue weighted by Gasteiger charge is -2.24. The molecule has 0 aliphatic carbocycles. The number of Topliss-reactive ketones (excluding diaryl/α,β-unsaturated/α-hetero) is 1. The number of esters is 1. The summed E-state index contributed by atoms with van der Waals surface area (Å²) in [5, 5.41) is 0. The van der Waals surface area contributed by atoms with E-state index in [0.29, 0.717) is 6.61 Å². The third-order valence-electron chi connectivity index (χ3n) is 3.41. The number of rotatable bonds is 6. The smallest absolute Gasteiger partial charge is 0.319 e. The molecule has 1 saturated heterocycles. The molecule has 0 N–H and O–H groups in total. The maximum absolute atomic E-state index is 12.1. The fraction of sp³-hybridized carbons (Fsp3) is 0.846. The number of methoxy groups -OCH3 is 1. The third-order valence-corrected chi connectivity index (χ3v) is 3.41. The Morgan fingerprint density at radius 1 is 1.39 bits per heavy atom. The second kappa shape index (κ2) is 6.29. The molecule has 1 fully saturated rings. The van der Waals surface area contributed by atoms with Crippen LogP contribution in [-0.4, -0.2) is 56.1 Å². The normalized spacial score (nSPS) is 21.0. The van der Waals surface area contributed by atoms with Gasteiger partial charge in [0.15, 0.2) is 5.78 Å². The molecule has 1 aliphatic heterocycles. The Morgan fingerprint density at radius 3 is 2.56 bits per heavy atom. The molecule has 0 aromatic heterocycles. The monoisotopic (exact) mass is 257 g/mol. The molecule has 0 saturated carbocycles. The number of nitrogens with zero attached hydrogens (tertiary/aromatic N) is 1. The lowest BCUT2D eigenvalue weighted by molar-refractivity contribution is -0.158. The fourth-order valence-corrected chi connectivity index (χ4v) is 1.96. The van der Waals surface area contributed by atoms with E-state index >= 15 is 0 Å². The molecule has 0 aromatic rings. The molecule has 1 atom stereocenters. The minimum atomic E-state index is -1.07. The minimum Gasteiger partial charge on any atom is -0.465 e. The van der Waals surface area contributed by atoms with Gasteiger partial charge in [-0.15, -0.1) is 0 Å². The maximum Gasteiger partial charge on any atom is 0.319 e. The van der Waals surface area contributed by atoms with Crippen LogP contribution in [0.2, 0.25) is 0 Å². The van der Waals surface area contributed by atoms with Gasteiger partial charge in [0.1, 0.15) is 5.41 Å². The van der Waals surface area contributed by atoms with Gasteiger partial charge in [0.05, 0.1) is 19.3 Å². The van der Waals surface area contributed by atoms with E-state index in [1.165, 1.54) is 0 Å². The van der Waals surface area contributed by atoms with E-state index in [2.05, 4.69) is 0 Å². The molecule has 1 heterocycles. The number of ketones is 1. The molecule has 5 nitrogen and oxygen atoms in total. The van der Waals surface area contributed by atoms with Crippen molar-refractivity contribution in [3.63, 3.8) is 0 Å². The Labute approximate surface area is 108 Å². The van der Waals surface area contributed by atoms with Crippen LogP contribution in [0.1, 0.15) is 27.2 Å². The van der Waals surface area contributed by atoms with Crippen LogP contribution in [0.3, 0.4) is 0 Å². The first-order valence-corrected chi connectivity index (χ1v) is 6.37. The van der Waals surface area contributed by atoms with Crippen LogP contribution in [-0.2, 0) is 19.1 Å². The molecule has 0 amide bonds. The highest BCUT2D eigenvalue weighted by molar-refractivity contribution is 6.03. The van der Waals surface area contributed by atoms with Crippen molar-refractivity contribution in [1.29, 1.82) is 0 Å². The molecule has 0 spiro atoms. The van der Waals surface area contributed by atoms with Gasteiger partial charge < -0.3 is 9.47 Å². The van der Waals surface area contributed by atoms with Crippen LogP contribution in [0, 0.1) is 5.41 Å². The first kappa shape index (κ1) is 15.1. The lowest BCUT2D eigenvalue weighted by atomic mass is 9.88. The maximum atomic E-state index is 12.1. The van der Waals surface area contributed by atoms with E-state index in [1.54, 1.807) is 27.9 Å². The molecule has 0 aromatic carbocycles. The van der Waals surface area contributed by atoms with Gasteiger partial charge in [0.2, 0.25) is 0 Å². The topological polar surface area (TPSA) is 55.8 Å². The van der Waals surface area contributed by atoms with Gasteiger partial charge in [-0.25, -0.2) is 0 Å². The van der Waals surface area contributed by atoms with E-state index < -0.39 is 11.4 Å². The van der Waals surface area contributed by atoms with Gasteiger partial charge in [0.25, 0.3) is 0 Å². The molecule has 1 unspecified atom stereocenters. The molecule has 0 bridgehead atoms. The zero-order valence-electron chi connectivity index (χ0n) is 11.7. The Bertz CT molecular complexity index is 314. The number of carbonyl (C=O) groups is 2. The third kappa shape index (κ3) is 3.53. The standard InChI is InChI=1S/C13H23NO4/c1-5-18-12(16)13(2,3)11(15)9-14-7-6-10(8-14)17-4/h10H,5-9H2,1-4H3. The predicted molar refractivity (Wildman–Crippen MR) is 67.3 cm³/mol. The van der Waals surface area contributed by atoms with Gasteiger partial charge in [-0.1, -0.05) is 0 Å². The second-order valence-corrected chi connectivity index (χ2v) is 5.15. The summed E-state index contributed by atoms with van der Waals surface area (Å²) in [4.78, 5) is 25.9. The molecule has 18 heavy (non-hydrogen) atoms. The zero-order chi connectivity index (χ0) is 13.8. The van der Waals surface area contributed by atoms with E-state index in [0.717, 1.165) is 19.5 Å². The number of hydrogen-bond acceptors (Lipinski definition) is 5. The fourth-order valence-electron chi connectivity index (χ4n) is 1.96. The van der Waals surface area contributed by atoms with Crippen molar-refractivity contribution in [3.05, 3.63) is 0 Å². The summed E-state index contributed by atoms with van der Waals surface area (Å²) in [7, 11) is 1.68. The van der Waals surface area contributed by atoms with Crippen molar-refractivity contribution >= 4 is 11.8 Å². The van der Waals surface area contributed by atoms with Crippen molar-refractivity contribution < 1.29 is 19.1 Å². The van der Waals surface area contributed by atoms with Crippen molar-refractivity contribution in [2.24, 2.45) is 5.41 Å². The van der Waals surface area contributed by atoms with Gasteiger partial charge in [-0.2, -0.15) is 0 Å².